The predicted octanol–water partition coefficient (Wildman–Crippen LogP) is 23.7. The van der Waals surface area contributed by atoms with E-state index in [1.807, 2.05) is 0 Å². The molecule has 70 heavy (non-hydrogen) atoms. The van der Waals surface area contributed by atoms with Gasteiger partial charge >= 0.3 is 0 Å². The fourth-order valence-corrected chi connectivity index (χ4v) is 11.2. The first-order valence-corrected chi connectivity index (χ1v) is 32.4. The second-order valence-corrected chi connectivity index (χ2v) is 25.5. The number of hydrogen-bond donors (Lipinski definition) is 1. The highest BCUT2D eigenvalue weighted by Crippen LogP contribution is 2.29. The van der Waals surface area contributed by atoms with Gasteiger partial charge in [-0.1, -0.05) is 304 Å². The molecule has 0 aromatic rings. The molecule has 2 heteroatoms. The average molecular weight is 984 g/mol. The zero-order valence-electron chi connectivity index (χ0n) is 50.4. The van der Waals surface area contributed by atoms with Gasteiger partial charge in [-0.15, -0.1) is 0 Å². The molecule has 0 rings (SSSR count). The average Bonchev–Trinajstić information content (AvgIpc) is 3.30. The lowest BCUT2D eigenvalue weighted by atomic mass is 9.86. The number of aliphatic hydroxyl groups is 1. The van der Waals surface area contributed by atoms with Crippen LogP contribution in [0.5, 0.6) is 0 Å². The third kappa shape index (κ3) is 49.6. The van der Waals surface area contributed by atoms with E-state index in [1.165, 1.54) is 256 Å². The second-order valence-electron chi connectivity index (χ2n) is 25.5. The Hall–Kier alpha value is -0.600. The Morgan fingerprint density at radius 3 is 1.14 bits per heavy atom. The molecule has 6 atom stereocenters. The zero-order chi connectivity index (χ0) is 51.8. The Kier molecular flexibility index (Phi) is 50.1. The summed E-state index contributed by atoms with van der Waals surface area (Å²) in [5.41, 5.74) is 0.763. The maximum absolute atomic E-state index is 11.9. The van der Waals surface area contributed by atoms with Crippen molar-refractivity contribution in [1.82, 2.24) is 0 Å². The summed E-state index contributed by atoms with van der Waals surface area (Å²) in [5.74, 6) is 4.99. The number of unbranched alkanes of at least 4 members (excludes halogenated alkanes) is 22. The fraction of sp³-hybridized carbons (Fsp3) is 0.941. The summed E-state index contributed by atoms with van der Waals surface area (Å²) in [6.07, 6.45) is 66.1. The van der Waals surface area contributed by atoms with Gasteiger partial charge in [0.1, 0.15) is 0 Å². The first kappa shape index (κ1) is 69.4. The summed E-state index contributed by atoms with van der Waals surface area (Å²) in [6.45, 7) is 26.8. The standard InChI is InChI=1S/C68H134O2/c1-12-13-14-15-16-17-18-19-20-21-22-23-24-25-26-27-28-29-30-31-32-33-34-35-36-37-59-70-67(68(11,69)58-44-56-66(10)54-42-50-63(7)48-39-46-61(4)5)57-43-55-65(9)53-41-52-64(8)51-40-49-62(6)47-38-45-60(2)3/h19-20,55,60-64,66-67,69H,12-18,21-54,56-59H2,1-11H3/b20-19+,65-55+/t62-,63-,64-,66-,67-,68-/m1/s1. The molecule has 0 fully saturated rings. The summed E-state index contributed by atoms with van der Waals surface area (Å²) in [6, 6.07) is 0. The molecule has 418 valence electrons. The maximum Gasteiger partial charge on any atom is 0.0880 e. The molecule has 0 bridgehead atoms. The lowest BCUT2D eigenvalue weighted by Crippen LogP contribution is -2.41. The van der Waals surface area contributed by atoms with Crippen molar-refractivity contribution in [3.05, 3.63) is 23.8 Å². The SMILES string of the molecule is CCCCCCCC/C=C/CCCCCCCCCCCCCCCCCCO[C@H](CC/C=C(\C)CCC[C@H](C)CCC[C@H](C)CCCC(C)C)[C@](C)(O)CCC[C@H](C)CCC[C@H](C)CCCC(C)C. The molecule has 0 unspecified atom stereocenters. The first-order valence-electron chi connectivity index (χ1n) is 32.4. The number of allylic oxidation sites excluding steroid dienone is 4. The molecule has 0 heterocycles. The van der Waals surface area contributed by atoms with Crippen molar-refractivity contribution in [3.63, 3.8) is 0 Å². The molecule has 0 aromatic carbocycles. The highest BCUT2D eigenvalue weighted by molar-refractivity contribution is 4.99. The van der Waals surface area contributed by atoms with Gasteiger partial charge in [0.25, 0.3) is 0 Å². The second kappa shape index (κ2) is 50.6. The number of hydrogen-bond acceptors (Lipinski definition) is 2. The van der Waals surface area contributed by atoms with E-state index in [2.05, 4.69) is 94.4 Å². The summed E-state index contributed by atoms with van der Waals surface area (Å²) >= 11 is 0. The van der Waals surface area contributed by atoms with Crippen LogP contribution in [0.2, 0.25) is 0 Å². The van der Waals surface area contributed by atoms with Gasteiger partial charge in [0.15, 0.2) is 0 Å². The highest BCUT2D eigenvalue weighted by Gasteiger charge is 2.32. The Labute approximate surface area is 444 Å². The molecule has 0 saturated heterocycles. The molecule has 1 N–H and O–H groups in total. The van der Waals surface area contributed by atoms with Gasteiger partial charge in [-0.3, -0.25) is 0 Å². The predicted molar refractivity (Wildman–Crippen MR) is 318 cm³/mol. The number of rotatable bonds is 55. The van der Waals surface area contributed by atoms with Gasteiger partial charge < -0.3 is 9.84 Å². The van der Waals surface area contributed by atoms with Crippen LogP contribution in [0.15, 0.2) is 23.8 Å². The van der Waals surface area contributed by atoms with Gasteiger partial charge in [0.2, 0.25) is 0 Å². The Morgan fingerprint density at radius 2 is 0.743 bits per heavy atom. The van der Waals surface area contributed by atoms with E-state index in [0.29, 0.717) is 0 Å². The van der Waals surface area contributed by atoms with Crippen LogP contribution in [-0.2, 0) is 4.74 Å². The van der Waals surface area contributed by atoms with Crippen molar-refractivity contribution in [3.8, 4) is 0 Å². The Bertz CT molecular complexity index is 1100. The summed E-state index contributed by atoms with van der Waals surface area (Å²) in [7, 11) is 0. The monoisotopic (exact) mass is 983 g/mol. The Balaban J connectivity index is 4.46. The van der Waals surface area contributed by atoms with Gasteiger partial charge in [0.05, 0.1) is 11.7 Å². The molecule has 0 radical (unpaired) electrons. The van der Waals surface area contributed by atoms with Gasteiger partial charge in [-0.2, -0.15) is 0 Å². The topological polar surface area (TPSA) is 29.5 Å². The van der Waals surface area contributed by atoms with Crippen molar-refractivity contribution < 1.29 is 9.84 Å². The molecule has 0 saturated carbocycles. The van der Waals surface area contributed by atoms with Gasteiger partial charge in [-0.25, -0.2) is 0 Å². The van der Waals surface area contributed by atoms with Crippen LogP contribution in [0.3, 0.4) is 0 Å². The third-order valence-electron chi connectivity index (χ3n) is 16.5. The molecule has 0 aliphatic carbocycles. The van der Waals surface area contributed by atoms with Crippen LogP contribution in [-0.4, -0.2) is 23.4 Å². The first-order chi connectivity index (χ1) is 33.8. The van der Waals surface area contributed by atoms with E-state index in [1.54, 1.807) is 0 Å². The maximum atomic E-state index is 11.9. The molecule has 0 aromatic heterocycles. The van der Waals surface area contributed by atoms with Crippen molar-refractivity contribution in [1.29, 1.82) is 0 Å². The largest absolute Gasteiger partial charge is 0.387 e. The van der Waals surface area contributed by atoms with E-state index < -0.39 is 5.60 Å². The number of ether oxygens (including phenoxy) is 1. The molecular weight excluding hydrogens is 849 g/mol. The summed E-state index contributed by atoms with van der Waals surface area (Å²) in [5, 5.41) is 11.9. The molecule has 0 aliphatic heterocycles. The van der Waals surface area contributed by atoms with Crippen LogP contribution in [0.25, 0.3) is 0 Å². The van der Waals surface area contributed by atoms with Gasteiger partial charge in [-0.05, 0) is 114 Å². The summed E-state index contributed by atoms with van der Waals surface area (Å²) in [4.78, 5) is 0. The van der Waals surface area contributed by atoms with Crippen molar-refractivity contribution in [2.45, 2.75) is 370 Å². The van der Waals surface area contributed by atoms with E-state index in [9.17, 15) is 5.11 Å². The molecule has 0 amide bonds. The van der Waals surface area contributed by atoms with Crippen LogP contribution in [0.1, 0.15) is 359 Å². The lowest BCUT2D eigenvalue weighted by molar-refractivity contribution is -0.107. The van der Waals surface area contributed by atoms with E-state index in [-0.39, 0.29) is 6.10 Å². The molecule has 2 nitrogen and oxygen atoms in total. The van der Waals surface area contributed by atoms with Gasteiger partial charge in [0, 0.05) is 6.61 Å². The molecule has 0 aliphatic rings. The third-order valence-corrected chi connectivity index (χ3v) is 16.5. The zero-order valence-corrected chi connectivity index (χ0v) is 50.4. The van der Waals surface area contributed by atoms with Crippen LogP contribution in [0.4, 0.5) is 0 Å². The van der Waals surface area contributed by atoms with E-state index in [4.69, 9.17) is 4.74 Å². The van der Waals surface area contributed by atoms with Crippen molar-refractivity contribution in [2.24, 2.45) is 35.5 Å². The van der Waals surface area contributed by atoms with Crippen molar-refractivity contribution >= 4 is 0 Å². The lowest BCUT2D eigenvalue weighted by Gasteiger charge is -2.33. The fourth-order valence-electron chi connectivity index (χ4n) is 11.2. The quantitative estimate of drug-likeness (QED) is 0.0486. The molecular formula is C68H134O2. The molecule has 0 spiro atoms. The van der Waals surface area contributed by atoms with Crippen LogP contribution >= 0.6 is 0 Å². The van der Waals surface area contributed by atoms with E-state index in [0.717, 1.165) is 74.2 Å². The minimum Gasteiger partial charge on any atom is -0.387 e. The van der Waals surface area contributed by atoms with Crippen LogP contribution in [0, 0.1) is 35.5 Å². The normalized spacial score (nSPS) is 15.6. The summed E-state index contributed by atoms with van der Waals surface area (Å²) < 4.78 is 6.66. The minimum atomic E-state index is -0.766. The Morgan fingerprint density at radius 1 is 0.400 bits per heavy atom. The van der Waals surface area contributed by atoms with Crippen molar-refractivity contribution in [2.75, 3.05) is 6.61 Å². The highest BCUT2D eigenvalue weighted by atomic mass is 16.5. The smallest absolute Gasteiger partial charge is 0.0880 e. The minimum absolute atomic E-state index is 0.0804. The van der Waals surface area contributed by atoms with Crippen LogP contribution < -0.4 is 0 Å². The van der Waals surface area contributed by atoms with E-state index >= 15 is 0 Å².